The van der Waals surface area contributed by atoms with Crippen LogP contribution in [0.15, 0.2) is 42.9 Å². The second-order valence-corrected chi connectivity index (χ2v) is 6.51. The summed E-state index contributed by atoms with van der Waals surface area (Å²) in [5.74, 6) is 0. The van der Waals surface area contributed by atoms with Crippen LogP contribution < -0.4 is 5.32 Å². The quantitative estimate of drug-likeness (QED) is 0.716. The summed E-state index contributed by atoms with van der Waals surface area (Å²) < 4.78 is 5.22. The summed E-state index contributed by atoms with van der Waals surface area (Å²) in [5, 5.41) is 3.73. The topological polar surface area (TPSA) is 79.9 Å². The summed E-state index contributed by atoms with van der Waals surface area (Å²) in [7, 11) is 0. The minimum atomic E-state index is -0.497. The molecule has 1 amide bonds. The van der Waals surface area contributed by atoms with Gasteiger partial charge in [0.25, 0.3) is 0 Å². The van der Waals surface area contributed by atoms with Crippen molar-refractivity contribution in [1.82, 2.24) is 20.3 Å². The molecule has 0 fully saturated rings. The molecule has 0 bridgehead atoms. The van der Waals surface area contributed by atoms with Crippen LogP contribution >= 0.6 is 0 Å². The second kappa shape index (κ2) is 8.47. The molecule has 0 saturated carbocycles. The number of nitrogens with zero attached hydrogens (tertiary/aromatic N) is 2. The van der Waals surface area contributed by atoms with Gasteiger partial charge < -0.3 is 15.0 Å². The zero-order chi connectivity index (χ0) is 19.2. The average Bonchev–Trinajstić information content (AvgIpc) is 3.09. The van der Waals surface area contributed by atoms with Gasteiger partial charge in [-0.1, -0.05) is 38.1 Å². The summed E-state index contributed by atoms with van der Waals surface area (Å²) in [6, 6.07) is 9.87. The van der Waals surface area contributed by atoms with Crippen LogP contribution in [0.5, 0.6) is 0 Å². The number of carbonyl (C=O) groups is 1. The van der Waals surface area contributed by atoms with Crippen LogP contribution in [0.3, 0.4) is 0 Å². The molecule has 2 heterocycles. The number of hydrogen-bond donors (Lipinski definition) is 2. The maximum atomic E-state index is 11.7. The van der Waals surface area contributed by atoms with E-state index in [0.717, 1.165) is 27.9 Å². The zero-order valence-electron chi connectivity index (χ0n) is 16.0. The smallest absolute Gasteiger partial charge is 0.407 e. The van der Waals surface area contributed by atoms with Gasteiger partial charge in [-0.2, -0.15) is 0 Å². The standard InChI is InChI=1S/C18H20N4O2.C2H6/c1-18(2,3)24-17(23)20-10-12-4-6-13(7-5-12)15-14-8-9-19-16(14)22-11-21-15;1-2/h4-9,11H,10H2,1-3H3,(H,20,23)(H,19,21,22);1-2H3. The average molecular weight is 354 g/mol. The van der Waals surface area contributed by atoms with Gasteiger partial charge in [0, 0.05) is 23.7 Å². The Morgan fingerprint density at radius 1 is 1.12 bits per heavy atom. The maximum Gasteiger partial charge on any atom is 0.407 e. The molecule has 0 radical (unpaired) electrons. The van der Waals surface area contributed by atoms with E-state index >= 15 is 0 Å². The third-order valence-electron chi connectivity index (χ3n) is 3.42. The van der Waals surface area contributed by atoms with Gasteiger partial charge in [-0.25, -0.2) is 14.8 Å². The summed E-state index contributed by atoms with van der Waals surface area (Å²) in [6.45, 7) is 9.93. The summed E-state index contributed by atoms with van der Waals surface area (Å²) in [4.78, 5) is 23.3. The predicted molar refractivity (Wildman–Crippen MR) is 104 cm³/mol. The minimum Gasteiger partial charge on any atom is -0.444 e. The summed E-state index contributed by atoms with van der Waals surface area (Å²) in [6.07, 6.45) is 2.98. The van der Waals surface area contributed by atoms with Gasteiger partial charge in [0.1, 0.15) is 17.6 Å². The van der Waals surface area contributed by atoms with Crippen molar-refractivity contribution in [3.05, 3.63) is 48.4 Å². The normalized spacial score (nSPS) is 10.8. The van der Waals surface area contributed by atoms with Gasteiger partial charge >= 0.3 is 6.09 Å². The molecule has 3 rings (SSSR count). The van der Waals surface area contributed by atoms with E-state index in [4.69, 9.17) is 4.74 Å². The number of aromatic amines is 1. The van der Waals surface area contributed by atoms with Crippen LogP contribution in [0.4, 0.5) is 4.79 Å². The third-order valence-corrected chi connectivity index (χ3v) is 3.42. The van der Waals surface area contributed by atoms with E-state index in [0.29, 0.717) is 6.54 Å². The lowest BCUT2D eigenvalue weighted by atomic mass is 10.1. The van der Waals surface area contributed by atoms with Crippen LogP contribution in [0.1, 0.15) is 40.2 Å². The maximum absolute atomic E-state index is 11.7. The van der Waals surface area contributed by atoms with E-state index in [2.05, 4.69) is 20.3 Å². The van der Waals surface area contributed by atoms with Gasteiger partial charge in [0.2, 0.25) is 0 Å². The van der Waals surface area contributed by atoms with Crippen molar-refractivity contribution < 1.29 is 9.53 Å². The van der Waals surface area contributed by atoms with Crippen molar-refractivity contribution in [2.75, 3.05) is 0 Å². The van der Waals surface area contributed by atoms with Crippen LogP contribution in [0.2, 0.25) is 0 Å². The van der Waals surface area contributed by atoms with Crippen LogP contribution in [-0.4, -0.2) is 26.6 Å². The number of amides is 1. The molecule has 3 aromatic rings. The Bertz CT molecular complexity index is 848. The second-order valence-electron chi connectivity index (χ2n) is 6.51. The lowest BCUT2D eigenvalue weighted by Gasteiger charge is -2.19. The van der Waals surface area contributed by atoms with Gasteiger partial charge in [-0.05, 0) is 32.4 Å². The highest BCUT2D eigenvalue weighted by Gasteiger charge is 2.15. The first kappa shape index (κ1) is 19.4. The van der Waals surface area contributed by atoms with E-state index < -0.39 is 11.7 Å². The minimum absolute atomic E-state index is 0.415. The van der Waals surface area contributed by atoms with Gasteiger partial charge in [0.05, 0.1) is 5.69 Å². The van der Waals surface area contributed by atoms with Crippen molar-refractivity contribution in [2.45, 2.75) is 46.8 Å². The molecule has 2 N–H and O–H groups in total. The number of alkyl carbamates (subject to hydrolysis) is 1. The van der Waals surface area contributed by atoms with Crippen molar-refractivity contribution in [1.29, 1.82) is 0 Å². The van der Waals surface area contributed by atoms with Gasteiger partial charge in [-0.3, -0.25) is 0 Å². The van der Waals surface area contributed by atoms with Crippen LogP contribution in [-0.2, 0) is 11.3 Å². The Balaban J connectivity index is 0.00000117. The van der Waals surface area contributed by atoms with E-state index in [1.807, 2.05) is 71.1 Å². The first-order valence-electron chi connectivity index (χ1n) is 8.77. The highest BCUT2D eigenvalue weighted by Crippen LogP contribution is 2.24. The Morgan fingerprint density at radius 3 is 2.46 bits per heavy atom. The molecular formula is C20H26N4O2. The molecule has 26 heavy (non-hydrogen) atoms. The molecule has 138 valence electrons. The van der Waals surface area contributed by atoms with Crippen molar-refractivity contribution in [2.24, 2.45) is 0 Å². The number of fused-ring (bicyclic) bond motifs is 1. The third kappa shape index (κ3) is 5.05. The van der Waals surface area contributed by atoms with E-state index in [1.165, 1.54) is 0 Å². The van der Waals surface area contributed by atoms with E-state index in [9.17, 15) is 4.79 Å². The highest BCUT2D eigenvalue weighted by molar-refractivity contribution is 5.90. The number of hydrogen-bond acceptors (Lipinski definition) is 4. The molecule has 2 aromatic heterocycles. The highest BCUT2D eigenvalue weighted by atomic mass is 16.6. The van der Waals surface area contributed by atoms with E-state index in [-0.39, 0.29) is 0 Å². The Labute approximate surface area is 154 Å². The monoisotopic (exact) mass is 354 g/mol. The lowest BCUT2D eigenvalue weighted by molar-refractivity contribution is 0.0523. The largest absolute Gasteiger partial charge is 0.444 e. The fourth-order valence-electron chi connectivity index (χ4n) is 2.37. The number of H-pyrrole nitrogens is 1. The number of rotatable bonds is 3. The molecule has 0 spiro atoms. The fourth-order valence-corrected chi connectivity index (χ4v) is 2.37. The van der Waals surface area contributed by atoms with Crippen LogP contribution in [0.25, 0.3) is 22.3 Å². The molecule has 0 aliphatic heterocycles. The molecular weight excluding hydrogens is 328 g/mol. The number of benzene rings is 1. The summed E-state index contributed by atoms with van der Waals surface area (Å²) >= 11 is 0. The molecule has 6 nitrogen and oxygen atoms in total. The van der Waals surface area contributed by atoms with Crippen LogP contribution in [0, 0.1) is 0 Å². The van der Waals surface area contributed by atoms with E-state index in [1.54, 1.807) is 6.33 Å². The molecule has 0 aliphatic carbocycles. The SMILES string of the molecule is CC.CC(C)(C)OC(=O)NCc1ccc(-c2ncnc3[nH]ccc23)cc1. The predicted octanol–water partition coefficient (Wildman–Crippen LogP) is 4.68. The Hall–Kier alpha value is -2.89. The summed E-state index contributed by atoms with van der Waals surface area (Å²) in [5.41, 5.74) is 3.19. The molecule has 6 heteroatoms. The molecule has 0 atom stereocenters. The molecule has 0 aliphatic rings. The number of nitrogens with one attached hydrogen (secondary N) is 2. The molecule has 0 unspecified atom stereocenters. The first-order chi connectivity index (χ1) is 12.4. The number of aromatic nitrogens is 3. The Kier molecular flexibility index (Phi) is 6.33. The Morgan fingerprint density at radius 2 is 1.81 bits per heavy atom. The molecule has 0 saturated heterocycles. The van der Waals surface area contributed by atoms with Crippen molar-refractivity contribution in [3.8, 4) is 11.3 Å². The number of ether oxygens (including phenoxy) is 1. The van der Waals surface area contributed by atoms with Crippen molar-refractivity contribution in [3.63, 3.8) is 0 Å². The van der Waals surface area contributed by atoms with Gasteiger partial charge in [0.15, 0.2) is 0 Å². The van der Waals surface area contributed by atoms with Crippen molar-refractivity contribution >= 4 is 17.1 Å². The number of carbonyl (C=O) groups excluding carboxylic acids is 1. The first-order valence-corrected chi connectivity index (χ1v) is 8.77. The lowest BCUT2D eigenvalue weighted by Crippen LogP contribution is -2.32. The zero-order valence-corrected chi connectivity index (χ0v) is 16.0. The molecule has 1 aromatic carbocycles. The van der Waals surface area contributed by atoms with Gasteiger partial charge in [-0.15, -0.1) is 0 Å². The fraction of sp³-hybridized carbons (Fsp3) is 0.350.